The molecule has 5 heteroatoms. The standard InChI is InChI=1S/C11H20N2O3/c1-12-4-5-13(8-10(12)11(14)15)7-9-3-2-6-16-9/h9-10H,2-8H2,1H3,(H,14,15). The number of carboxylic acid groups (broad SMARTS) is 1. The van der Waals surface area contributed by atoms with Crippen molar-refractivity contribution < 1.29 is 14.6 Å². The molecule has 0 bridgehead atoms. The third kappa shape index (κ3) is 2.72. The predicted octanol–water partition coefficient (Wildman–Crippen LogP) is -0.134. The van der Waals surface area contributed by atoms with Crippen molar-refractivity contribution in [1.82, 2.24) is 9.80 Å². The molecule has 2 fully saturated rings. The molecule has 2 aliphatic heterocycles. The van der Waals surface area contributed by atoms with Gasteiger partial charge in [-0.25, -0.2) is 0 Å². The summed E-state index contributed by atoms with van der Waals surface area (Å²) in [5.41, 5.74) is 0. The van der Waals surface area contributed by atoms with Gasteiger partial charge < -0.3 is 9.84 Å². The SMILES string of the molecule is CN1CCN(CC2CCCO2)CC1C(=O)O. The van der Waals surface area contributed by atoms with Crippen LogP contribution >= 0.6 is 0 Å². The Hall–Kier alpha value is -0.650. The van der Waals surface area contributed by atoms with E-state index in [2.05, 4.69) is 4.90 Å². The van der Waals surface area contributed by atoms with Crippen LogP contribution in [0.2, 0.25) is 0 Å². The normalized spacial score (nSPS) is 33.1. The minimum absolute atomic E-state index is 0.317. The number of nitrogens with zero attached hydrogens (tertiary/aromatic N) is 2. The number of likely N-dealkylation sites (N-methyl/N-ethyl adjacent to an activating group) is 1. The molecule has 0 aliphatic carbocycles. The van der Waals surface area contributed by atoms with Crippen molar-refractivity contribution in [2.45, 2.75) is 25.0 Å². The van der Waals surface area contributed by atoms with Crippen LogP contribution in [0.25, 0.3) is 0 Å². The third-order valence-corrected chi connectivity index (χ3v) is 3.50. The van der Waals surface area contributed by atoms with Crippen molar-refractivity contribution in [2.24, 2.45) is 0 Å². The number of piperazine rings is 1. The van der Waals surface area contributed by atoms with Gasteiger partial charge >= 0.3 is 5.97 Å². The highest BCUT2D eigenvalue weighted by molar-refractivity contribution is 5.73. The first-order valence-electron chi connectivity index (χ1n) is 5.94. The zero-order valence-corrected chi connectivity index (χ0v) is 9.76. The zero-order valence-electron chi connectivity index (χ0n) is 9.76. The average molecular weight is 228 g/mol. The highest BCUT2D eigenvalue weighted by atomic mass is 16.5. The first-order chi connectivity index (χ1) is 7.66. The van der Waals surface area contributed by atoms with Gasteiger partial charge in [0.15, 0.2) is 0 Å². The van der Waals surface area contributed by atoms with E-state index >= 15 is 0 Å². The summed E-state index contributed by atoms with van der Waals surface area (Å²) < 4.78 is 5.58. The molecular weight excluding hydrogens is 208 g/mol. The van der Waals surface area contributed by atoms with Crippen LogP contribution in [0.15, 0.2) is 0 Å². The van der Waals surface area contributed by atoms with E-state index in [1.807, 2.05) is 11.9 Å². The van der Waals surface area contributed by atoms with Gasteiger partial charge in [0.25, 0.3) is 0 Å². The molecule has 2 heterocycles. The molecule has 0 spiro atoms. The minimum Gasteiger partial charge on any atom is -0.480 e. The maximum atomic E-state index is 11.0. The Kier molecular flexibility index (Phi) is 3.78. The summed E-state index contributed by atoms with van der Waals surface area (Å²) in [6.07, 6.45) is 2.57. The van der Waals surface area contributed by atoms with E-state index in [0.717, 1.165) is 39.1 Å². The molecule has 0 aromatic carbocycles. The van der Waals surface area contributed by atoms with Gasteiger partial charge in [-0.05, 0) is 19.9 Å². The number of ether oxygens (including phenoxy) is 1. The molecular formula is C11H20N2O3. The molecule has 2 aliphatic rings. The minimum atomic E-state index is -0.723. The van der Waals surface area contributed by atoms with Crippen LogP contribution in [0.3, 0.4) is 0 Å². The summed E-state index contributed by atoms with van der Waals surface area (Å²) in [7, 11) is 1.88. The second-order valence-electron chi connectivity index (χ2n) is 4.73. The number of rotatable bonds is 3. The number of carboxylic acids is 1. The molecule has 2 unspecified atom stereocenters. The largest absolute Gasteiger partial charge is 0.480 e. The summed E-state index contributed by atoms with van der Waals surface area (Å²) >= 11 is 0. The number of hydrogen-bond donors (Lipinski definition) is 1. The molecule has 0 radical (unpaired) electrons. The summed E-state index contributed by atoms with van der Waals surface area (Å²) in [5, 5.41) is 9.09. The molecule has 2 atom stereocenters. The highest BCUT2D eigenvalue weighted by Gasteiger charge is 2.31. The Balaban J connectivity index is 1.84. The second kappa shape index (κ2) is 5.12. The topological polar surface area (TPSA) is 53.0 Å². The Bertz CT molecular complexity index is 254. The van der Waals surface area contributed by atoms with Crippen LogP contribution in [0.5, 0.6) is 0 Å². The lowest BCUT2D eigenvalue weighted by Gasteiger charge is -2.38. The fourth-order valence-electron chi connectivity index (χ4n) is 2.44. The van der Waals surface area contributed by atoms with Crippen LogP contribution in [0.4, 0.5) is 0 Å². The van der Waals surface area contributed by atoms with E-state index in [0.29, 0.717) is 12.6 Å². The van der Waals surface area contributed by atoms with Crippen LogP contribution in [-0.4, -0.2) is 72.9 Å². The van der Waals surface area contributed by atoms with Crippen molar-refractivity contribution >= 4 is 5.97 Å². The molecule has 0 amide bonds. The monoisotopic (exact) mass is 228 g/mol. The van der Waals surface area contributed by atoms with E-state index in [1.165, 1.54) is 0 Å². The van der Waals surface area contributed by atoms with E-state index in [9.17, 15) is 4.79 Å². The quantitative estimate of drug-likeness (QED) is 0.729. The van der Waals surface area contributed by atoms with E-state index in [4.69, 9.17) is 9.84 Å². The lowest BCUT2D eigenvalue weighted by Crippen LogP contribution is -2.55. The lowest BCUT2D eigenvalue weighted by molar-refractivity contribution is -0.145. The van der Waals surface area contributed by atoms with Crippen LogP contribution < -0.4 is 0 Å². The van der Waals surface area contributed by atoms with Gasteiger partial charge in [0.05, 0.1) is 6.10 Å². The Morgan fingerprint density at radius 3 is 2.94 bits per heavy atom. The van der Waals surface area contributed by atoms with Crippen molar-refractivity contribution in [3.63, 3.8) is 0 Å². The molecule has 0 aromatic heterocycles. The fraction of sp³-hybridized carbons (Fsp3) is 0.909. The molecule has 16 heavy (non-hydrogen) atoms. The first kappa shape index (κ1) is 11.8. The Morgan fingerprint density at radius 1 is 1.50 bits per heavy atom. The van der Waals surface area contributed by atoms with Crippen LogP contribution in [0.1, 0.15) is 12.8 Å². The van der Waals surface area contributed by atoms with Crippen LogP contribution in [0, 0.1) is 0 Å². The number of carbonyl (C=O) groups is 1. The molecule has 92 valence electrons. The van der Waals surface area contributed by atoms with Gasteiger partial charge in [-0.1, -0.05) is 0 Å². The number of hydrogen-bond acceptors (Lipinski definition) is 4. The summed E-state index contributed by atoms with van der Waals surface area (Å²) in [6.45, 7) is 4.13. The van der Waals surface area contributed by atoms with Gasteiger partial charge in [-0.2, -0.15) is 0 Å². The smallest absolute Gasteiger partial charge is 0.322 e. The van der Waals surface area contributed by atoms with E-state index < -0.39 is 5.97 Å². The van der Waals surface area contributed by atoms with E-state index in [-0.39, 0.29) is 6.04 Å². The summed E-state index contributed by atoms with van der Waals surface area (Å²) in [6, 6.07) is -0.366. The predicted molar refractivity (Wildman–Crippen MR) is 59.5 cm³/mol. The van der Waals surface area contributed by atoms with Gasteiger partial charge in [0.1, 0.15) is 6.04 Å². The van der Waals surface area contributed by atoms with Crippen molar-refractivity contribution in [3.8, 4) is 0 Å². The molecule has 0 aromatic rings. The first-order valence-corrected chi connectivity index (χ1v) is 5.94. The average Bonchev–Trinajstić information content (AvgIpc) is 2.73. The lowest BCUT2D eigenvalue weighted by atomic mass is 10.1. The Labute approximate surface area is 96.0 Å². The molecule has 2 rings (SSSR count). The second-order valence-corrected chi connectivity index (χ2v) is 4.73. The van der Waals surface area contributed by atoms with Crippen LogP contribution in [-0.2, 0) is 9.53 Å². The summed E-state index contributed by atoms with van der Waals surface area (Å²) in [5.74, 6) is -0.723. The highest BCUT2D eigenvalue weighted by Crippen LogP contribution is 2.15. The zero-order chi connectivity index (χ0) is 11.5. The van der Waals surface area contributed by atoms with Crippen molar-refractivity contribution in [2.75, 3.05) is 39.8 Å². The van der Waals surface area contributed by atoms with E-state index in [1.54, 1.807) is 0 Å². The Morgan fingerprint density at radius 2 is 2.31 bits per heavy atom. The van der Waals surface area contributed by atoms with Gasteiger partial charge in [-0.15, -0.1) is 0 Å². The number of aliphatic carboxylic acids is 1. The molecule has 5 nitrogen and oxygen atoms in total. The molecule has 2 saturated heterocycles. The summed E-state index contributed by atoms with van der Waals surface area (Å²) in [4.78, 5) is 15.2. The van der Waals surface area contributed by atoms with Gasteiger partial charge in [0, 0.05) is 32.8 Å². The molecule has 1 N–H and O–H groups in total. The molecule has 0 saturated carbocycles. The third-order valence-electron chi connectivity index (χ3n) is 3.50. The maximum Gasteiger partial charge on any atom is 0.322 e. The van der Waals surface area contributed by atoms with Crippen molar-refractivity contribution in [3.05, 3.63) is 0 Å². The van der Waals surface area contributed by atoms with Gasteiger partial charge in [-0.3, -0.25) is 14.6 Å². The van der Waals surface area contributed by atoms with Crippen molar-refractivity contribution in [1.29, 1.82) is 0 Å². The fourth-order valence-corrected chi connectivity index (χ4v) is 2.44. The van der Waals surface area contributed by atoms with Gasteiger partial charge in [0.2, 0.25) is 0 Å². The maximum absolute atomic E-state index is 11.0.